The van der Waals surface area contributed by atoms with Crippen LogP contribution in [0.2, 0.25) is 0 Å². The van der Waals surface area contributed by atoms with Crippen LogP contribution in [0.15, 0.2) is 58.3 Å². The molecule has 14 nitrogen and oxygen atoms in total. The first-order valence-electron chi connectivity index (χ1n) is 8.19. The highest BCUT2D eigenvalue weighted by molar-refractivity contribution is 7.89. The van der Waals surface area contributed by atoms with E-state index in [1.54, 1.807) is 0 Å². The Kier molecular flexibility index (Phi) is 9.10. The first-order valence-corrected chi connectivity index (χ1v) is 11.1. The van der Waals surface area contributed by atoms with Gasteiger partial charge in [-0.15, -0.1) is 0 Å². The zero-order valence-corrected chi connectivity index (χ0v) is 17.3. The van der Waals surface area contributed by atoms with Crippen LogP contribution in [0.3, 0.4) is 0 Å². The molecular weight excluding hydrogens is 460 g/mol. The molecule has 0 aliphatic rings. The Morgan fingerprint density at radius 2 is 1.26 bits per heavy atom. The predicted molar refractivity (Wildman–Crippen MR) is 103 cm³/mol. The summed E-state index contributed by atoms with van der Waals surface area (Å²) in [5.41, 5.74) is 2.98. The molecule has 0 heterocycles. The number of nitrogens with zero attached hydrogens (tertiary/aromatic N) is 2. The highest BCUT2D eigenvalue weighted by Gasteiger charge is 2.17. The molecule has 2 aromatic rings. The van der Waals surface area contributed by atoms with Crippen LogP contribution in [0.5, 0.6) is 0 Å². The van der Waals surface area contributed by atoms with Crippen molar-refractivity contribution in [1.82, 2.24) is 4.72 Å². The number of hydrogen-bond donors (Lipinski definition) is 3. The van der Waals surface area contributed by atoms with Crippen molar-refractivity contribution in [2.24, 2.45) is 0 Å². The Hall–Kier alpha value is -3.02. The summed E-state index contributed by atoms with van der Waals surface area (Å²) in [5.74, 6) is 0. The number of aliphatic hydroxyl groups excluding tert-OH is 1. The maximum absolute atomic E-state index is 11.7. The standard InChI is InChI=1S/C9H13N3O5S.C6H5NO5S/c10-5-8(13)6-11-18(16,17)9-3-1-7(2-4-9)12(14)15;8-7(9)5-1-3-6(4-2-5)13(10,11)12/h1-4,8,11,13H,5-6,10H2;1-4H,(H,10,11,12)/t8-;/m1./s1. The number of nitrogens with one attached hydrogen (secondary N) is 1. The average molecular weight is 478 g/mol. The molecule has 0 radical (unpaired) electrons. The second kappa shape index (κ2) is 10.8. The van der Waals surface area contributed by atoms with Gasteiger partial charge in [0, 0.05) is 30.8 Å². The molecule has 0 aliphatic carbocycles. The fraction of sp³-hybridized carbons (Fsp3) is 0.200. The molecule has 0 unspecified atom stereocenters. The van der Waals surface area contributed by atoms with E-state index < -0.39 is 41.0 Å². The van der Waals surface area contributed by atoms with Crippen LogP contribution in [0.4, 0.5) is 11.4 Å². The van der Waals surface area contributed by atoms with Crippen molar-refractivity contribution >= 4 is 31.5 Å². The van der Waals surface area contributed by atoms with Gasteiger partial charge in [-0.1, -0.05) is 0 Å². The molecule has 5 N–H and O–H groups in total. The largest absolute Gasteiger partial charge is 0.744 e. The van der Waals surface area contributed by atoms with E-state index in [1.165, 1.54) is 0 Å². The van der Waals surface area contributed by atoms with Crippen LogP contribution in [0.25, 0.3) is 0 Å². The minimum atomic E-state index is -4.52. The van der Waals surface area contributed by atoms with Crippen LogP contribution in [-0.2, 0) is 20.1 Å². The number of non-ortho nitro benzene ring substituents is 2. The summed E-state index contributed by atoms with van der Waals surface area (Å²) in [4.78, 5) is 18.7. The number of aliphatic hydroxyl groups is 1. The lowest BCUT2D eigenvalue weighted by molar-refractivity contribution is -0.385. The summed E-state index contributed by atoms with van der Waals surface area (Å²) < 4.78 is 56.8. The topological polar surface area (TPSA) is 238 Å². The summed E-state index contributed by atoms with van der Waals surface area (Å²) in [5, 5.41) is 29.8. The van der Waals surface area contributed by atoms with Gasteiger partial charge in [0.05, 0.1) is 19.6 Å². The van der Waals surface area contributed by atoms with Gasteiger partial charge in [0.2, 0.25) is 10.0 Å². The van der Waals surface area contributed by atoms with Gasteiger partial charge < -0.3 is 15.4 Å². The molecule has 0 aliphatic heterocycles. The summed E-state index contributed by atoms with van der Waals surface area (Å²) >= 11 is 0. The molecule has 0 fully saturated rings. The molecule has 0 saturated carbocycles. The van der Waals surface area contributed by atoms with E-state index in [9.17, 15) is 46.7 Å². The average Bonchev–Trinajstić information content (AvgIpc) is 2.72. The SMILES string of the molecule is O=[N+]([O-])c1ccc(S(=O)(=O)[O-])cc1.[NH3+]C[C@@H](O)CNS(=O)(=O)c1ccc([N+](=O)[O-])cc1. The molecule has 2 aromatic carbocycles. The summed E-state index contributed by atoms with van der Waals surface area (Å²) in [6.07, 6.45) is -0.863. The van der Waals surface area contributed by atoms with E-state index in [1.807, 2.05) is 0 Å². The normalized spacial score (nSPS) is 12.4. The van der Waals surface area contributed by atoms with Crippen molar-refractivity contribution < 1.29 is 42.1 Å². The minimum Gasteiger partial charge on any atom is -0.744 e. The summed E-state index contributed by atoms with van der Waals surface area (Å²) in [6, 6.07) is 8.21. The third-order valence-electron chi connectivity index (χ3n) is 3.54. The third-order valence-corrected chi connectivity index (χ3v) is 5.83. The summed E-state index contributed by atoms with van der Waals surface area (Å²) in [7, 11) is -8.29. The van der Waals surface area contributed by atoms with Crippen molar-refractivity contribution in [3.8, 4) is 0 Å². The van der Waals surface area contributed by atoms with Gasteiger partial charge in [-0.05, 0) is 24.3 Å². The molecule has 0 amide bonds. The van der Waals surface area contributed by atoms with Crippen molar-refractivity contribution in [2.75, 3.05) is 13.1 Å². The fourth-order valence-corrected chi connectivity index (χ4v) is 3.42. The van der Waals surface area contributed by atoms with E-state index in [0.717, 1.165) is 48.5 Å². The smallest absolute Gasteiger partial charge is 0.269 e. The van der Waals surface area contributed by atoms with Gasteiger partial charge in [-0.3, -0.25) is 20.2 Å². The van der Waals surface area contributed by atoms with Gasteiger partial charge in [-0.2, -0.15) is 0 Å². The van der Waals surface area contributed by atoms with E-state index in [4.69, 9.17) is 0 Å². The van der Waals surface area contributed by atoms with Crippen molar-refractivity contribution in [3.63, 3.8) is 0 Å². The first kappa shape index (κ1) is 26.0. The Bertz CT molecular complexity index is 1120. The quantitative estimate of drug-likeness (QED) is 0.237. The third kappa shape index (κ3) is 8.32. The molecule has 0 spiro atoms. The molecule has 0 aromatic heterocycles. The Morgan fingerprint density at radius 1 is 0.871 bits per heavy atom. The maximum Gasteiger partial charge on any atom is 0.269 e. The second-order valence-electron chi connectivity index (χ2n) is 5.75. The molecule has 0 bridgehead atoms. The lowest BCUT2D eigenvalue weighted by Crippen LogP contribution is -2.57. The number of benzene rings is 2. The van der Waals surface area contributed by atoms with Crippen molar-refractivity contribution in [1.29, 1.82) is 0 Å². The monoisotopic (exact) mass is 478 g/mol. The number of rotatable bonds is 8. The molecule has 1 atom stereocenters. The molecule has 31 heavy (non-hydrogen) atoms. The number of sulfonamides is 1. The number of quaternary nitrogens is 1. The molecule has 2 rings (SSSR count). The Labute approximate surface area is 176 Å². The highest BCUT2D eigenvalue weighted by atomic mass is 32.2. The Morgan fingerprint density at radius 3 is 1.58 bits per heavy atom. The van der Waals surface area contributed by atoms with Crippen LogP contribution < -0.4 is 10.5 Å². The zero-order valence-electron chi connectivity index (χ0n) is 15.6. The Balaban J connectivity index is 0.000000327. The van der Waals surface area contributed by atoms with Gasteiger partial charge in [0.15, 0.2) is 0 Å². The number of nitro benzene ring substituents is 2. The fourth-order valence-electron chi connectivity index (χ4n) is 1.87. The molecule has 0 saturated heterocycles. The molecule has 16 heteroatoms. The van der Waals surface area contributed by atoms with Crippen molar-refractivity contribution in [2.45, 2.75) is 15.9 Å². The minimum absolute atomic E-state index is 0.0932. The van der Waals surface area contributed by atoms with E-state index in [2.05, 4.69) is 10.5 Å². The zero-order chi connectivity index (χ0) is 23.8. The second-order valence-corrected chi connectivity index (χ2v) is 8.90. The molecule has 170 valence electrons. The highest BCUT2D eigenvalue weighted by Crippen LogP contribution is 2.16. The lowest BCUT2D eigenvalue weighted by atomic mass is 10.3. The lowest BCUT2D eigenvalue weighted by Gasteiger charge is -2.08. The number of nitro groups is 2. The summed E-state index contributed by atoms with van der Waals surface area (Å²) in [6.45, 7) is 0.0333. The van der Waals surface area contributed by atoms with Crippen LogP contribution in [0.1, 0.15) is 0 Å². The van der Waals surface area contributed by atoms with Gasteiger partial charge in [-0.25, -0.2) is 21.6 Å². The van der Waals surface area contributed by atoms with E-state index in [-0.39, 0.29) is 29.4 Å². The van der Waals surface area contributed by atoms with Crippen molar-refractivity contribution in [3.05, 3.63) is 68.8 Å². The first-order chi connectivity index (χ1) is 14.3. The number of hydrogen-bond acceptors (Lipinski definition) is 10. The van der Waals surface area contributed by atoms with Crippen LogP contribution >= 0.6 is 0 Å². The maximum atomic E-state index is 11.7. The van der Waals surface area contributed by atoms with Gasteiger partial charge in [0.25, 0.3) is 11.4 Å². The van der Waals surface area contributed by atoms with Gasteiger partial charge >= 0.3 is 0 Å². The molecular formula is C15H18N4O10S2. The van der Waals surface area contributed by atoms with E-state index in [0.29, 0.717) is 0 Å². The van der Waals surface area contributed by atoms with Gasteiger partial charge in [0.1, 0.15) is 22.8 Å². The van der Waals surface area contributed by atoms with Crippen LogP contribution in [0, 0.1) is 20.2 Å². The van der Waals surface area contributed by atoms with Crippen LogP contribution in [-0.4, -0.2) is 55.5 Å². The van der Waals surface area contributed by atoms with E-state index >= 15 is 0 Å². The predicted octanol–water partition coefficient (Wildman–Crippen LogP) is -1.03.